The molecule has 5 nitrogen and oxygen atoms in total. The van der Waals surface area contributed by atoms with Crippen molar-refractivity contribution in [2.45, 2.75) is 51.3 Å². The molecule has 0 aliphatic heterocycles. The van der Waals surface area contributed by atoms with Gasteiger partial charge in [-0.15, -0.1) is 0 Å². The summed E-state index contributed by atoms with van der Waals surface area (Å²) >= 11 is 0. The highest BCUT2D eigenvalue weighted by atomic mass is 19.4. The lowest BCUT2D eigenvalue weighted by Gasteiger charge is -2.23. The molecule has 0 bridgehead atoms. The Morgan fingerprint density at radius 1 is 1.23 bits per heavy atom. The Hall–Kier alpha value is -2.74. The third-order valence-electron chi connectivity index (χ3n) is 4.35. The van der Waals surface area contributed by atoms with E-state index in [1.807, 2.05) is 0 Å². The molecule has 1 aromatic rings. The molecule has 0 heterocycles. The van der Waals surface area contributed by atoms with E-state index in [0.29, 0.717) is 11.3 Å². The molecule has 1 aliphatic rings. The molecule has 1 unspecified atom stereocenters. The Kier molecular flexibility index (Phi) is 4.45. The average Bonchev–Trinajstić information content (AvgIpc) is 3.18. The molecule has 0 spiro atoms. The van der Waals surface area contributed by atoms with Gasteiger partial charge in [-0.05, 0) is 44.9 Å². The number of nitrogens with one attached hydrogen (secondary N) is 1. The smallest absolute Gasteiger partial charge is 0.412 e. The first-order valence-electron chi connectivity index (χ1n) is 7.82. The molecule has 1 aromatic carbocycles. The van der Waals surface area contributed by atoms with Gasteiger partial charge in [0.25, 0.3) is 0 Å². The van der Waals surface area contributed by atoms with E-state index in [1.165, 1.54) is 37.3 Å². The van der Waals surface area contributed by atoms with Crippen molar-refractivity contribution in [2.75, 3.05) is 5.32 Å². The average molecular weight is 365 g/mol. The van der Waals surface area contributed by atoms with Gasteiger partial charge in [-0.25, -0.2) is 4.79 Å². The number of carbonyl (C=O) groups excluding carboxylic acids is 1. The van der Waals surface area contributed by atoms with E-state index >= 15 is 0 Å². The molecule has 1 N–H and O–H groups in total. The number of halogens is 3. The molecule has 0 aromatic heterocycles. The van der Waals surface area contributed by atoms with Crippen LogP contribution in [0.25, 0.3) is 0 Å². The number of nitrogens with zero attached hydrogens (tertiary/aromatic N) is 2. The molecular formula is C18H18F3N3O2. The lowest BCUT2D eigenvalue weighted by molar-refractivity contribution is -0.165. The number of hydrogen-bond acceptors (Lipinski definition) is 4. The molecule has 1 amide bonds. The van der Waals surface area contributed by atoms with Crippen LogP contribution >= 0.6 is 0 Å². The second-order valence-electron chi connectivity index (χ2n) is 7.37. The summed E-state index contributed by atoms with van der Waals surface area (Å²) in [5.74, 6) is 0. The van der Waals surface area contributed by atoms with Crippen LogP contribution in [0.5, 0.6) is 0 Å². The molecule has 1 aliphatic carbocycles. The van der Waals surface area contributed by atoms with Gasteiger partial charge in [0.05, 0.1) is 12.1 Å². The molecule has 8 heteroatoms. The zero-order valence-electron chi connectivity index (χ0n) is 14.8. The summed E-state index contributed by atoms with van der Waals surface area (Å²) in [6, 6.07) is 6.79. The fourth-order valence-electron chi connectivity index (χ4n) is 2.99. The fourth-order valence-corrected chi connectivity index (χ4v) is 2.99. The summed E-state index contributed by atoms with van der Waals surface area (Å²) in [5.41, 5.74) is -4.86. The molecular weight excluding hydrogens is 347 g/mol. The SMILES string of the molecule is Cc1cc(C2(C(F)(F)F)CC2(C#N)C#N)ccc1NC(=O)OC(C)(C)C. The Morgan fingerprint density at radius 2 is 1.81 bits per heavy atom. The van der Waals surface area contributed by atoms with Crippen molar-refractivity contribution < 1.29 is 22.7 Å². The minimum atomic E-state index is -4.75. The van der Waals surface area contributed by atoms with Gasteiger partial charge in [0, 0.05) is 12.1 Å². The van der Waals surface area contributed by atoms with E-state index in [4.69, 9.17) is 15.3 Å². The largest absolute Gasteiger partial charge is 0.444 e. The maximum absolute atomic E-state index is 13.7. The van der Waals surface area contributed by atoms with Crippen LogP contribution in [0.4, 0.5) is 23.7 Å². The van der Waals surface area contributed by atoms with E-state index in [9.17, 15) is 18.0 Å². The highest BCUT2D eigenvalue weighted by molar-refractivity contribution is 5.86. The summed E-state index contributed by atoms with van der Waals surface area (Å²) < 4.78 is 46.2. The van der Waals surface area contributed by atoms with Crippen LogP contribution < -0.4 is 5.32 Å². The molecule has 138 valence electrons. The first-order chi connectivity index (χ1) is 11.8. The lowest BCUT2D eigenvalue weighted by Crippen LogP contribution is -2.34. The predicted molar refractivity (Wildman–Crippen MR) is 87.0 cm³/mol. The molecule has 1 fully saturated rings. The minimum Gasteiger partial charge on any atom is -0.444 e. The summed E-state index contributed by atoms with van der Waals surface area (Å²) in [6.45, 7) is 6.59. The first kappa shape index (κ1) is 19.6. The Bertz CT molecular complexity index is 814. The van der Waals surface area contributed by atoms with Crippen LogP contribution in [-0.4, -0.2) is 17.9 Å². The van der Waals surface area contributed by atoms with E-state index in [-0.39, 0.29) is 5.56 Å². The van der Waals surface area contributed by atoms with Crippen molar-refractivity contribution >= 4 is 11.8 Å². The number of amides is 1. The second kappa shape index (κ2) is 5.91. The van der Waals surface area contributed by atoms with Crippen LogP contribution in [-0.2, 0) is 10.2 Å². The number of carbonyl (C=O) groups is 1. The van der Waals surface area contributed by atoms with Gasteiger partial charge >= 0.3 is 12.3 Å². The van der Waals surface area contributed by atoms with E-state index in [2.05, 4.69) is 5.32 Å². The predicted octanol–water partition coefficient (Wildman–Crippen LogP) is 4.58. The van der Waals surface area contributed by atoms with Gasteiger partial charge in [-0.1, -0.05) is 12.1 Å². The fraction of sp³-hybridized carbons (Fsp3) is 0.500. The van der Waals surface area contributed by atoms with Gasteiger partial charge in [-0.2, -0.15) is 23.7 Å². The summed E-state index contributed by atoms with van der Waals surface area (Å²) in [5, 5.41) is 20.7. The lowest BCUT2D eigenvalue weighted by atomic mass is 9.85. The van der Waals surface area contributed by atoms with Crippen molar-refractivity contribution in [3.8, 4) is 12.1 Å². The molecule has 0 saturated heterocycles. The molecule has 1 atom stereocenters. The van der Waals surface area contributed by atoms with Crippen LogP contribution in [0.15, 0.2) is 18.2 Å². The summed E-state index contributed by atoms with van der Waals surface area (Å²) in [6.07, 6.45) is -6.08. The highest BCUT2D eigenvalue weighted by Gasteiger charge is 2.82. The van der Waals surface area contributed by atoms with Crippen LogP contribution in [0.3, 0.4) is 0 Å². The number of benzene rings is 1. The summed E-state index contributed by atoms with van der Waals surface area (Å²) in [4.78, 5) is 11.8. The maximum atomic E-state index is 13.7. The van der Waals surface area contributed by atoms with Gasteiger partial charge in [0.2, 0.25) is 0 Å². The van der Waals surface area contributed by atoms with Gasteiger partial charge in [-0.3, -0.25) is 5.32 Å². The topological polar surface area (TPSA) is 85.9 Å². The Balaban J connectivity index is 2.37. The normalized spacial score (nSPS) is 21.3. The third kappa shape index (κ3) is 3.08. The third-order valence-corrected chi connectivity index (χ3v) is 4.35. The maximum Gasteiger partial charge on any atom is 0.412 e. The van der Waals surface area contributed by atoms with Crippen molar-refractivity contribution in [3.63, 3.8) is 0 Å². The number of hydrogen-bond donors (Lipinski definition) is 1. The Morgan fingerprint density at radius 3 is 2.19 bits per heavy atom. The van der Waals surface area contributed by atoms with Crippen LogP contribution in [0, 0.1) is 35.0 Å². The number of ether oxygens (including phenoxy) is 1. The van der Waals surface area contributed by atoms with Crippen molar-refractivity contribution in [1.82, 2.24) is 0 Å². The number of rotatable bonds is 2. The van der Waals surface area contributed by atoms with Crippen LogP contribution in [0.2, 0.25) is 0 Å². The van der Waals surface area contributed by atoms with Gasteiger partial charge in [0.15, 0.2) is 5.41 Å². The number of nitriles is 2. The number of anilines is 1. The van der Waals surface area contributed by atoms with Gasteiger partial charge < -0.3 is 4.74 Å². The number of aryl methyl sites for hydroxylation is 1. The molecule has 2 rings (SSSR count). The zero-order valence-corrected chi connectivity index (χ0v) is 14.8. The second-order valence-corrected chi connectivity index (χ2v) is 7.37. The summed E-state index contributed by atoms with van der Waals surface area (Å²) in [7, 11) is 0. The zero-order chi connectivity index (χ0) is 20.0. The monoisotopic (exact) mass is 365 g/mol. The van der Waals surface area contributed by atoms with E-state index in [0.717, 1.165) is 0 Å². The standard InChI is InChI=1S/C18H18F3N3O2/c1-11-7-12(5-6-13(11)24-14(25)26-15(2,3)4)17(18(19,20)21)8-16(17,9-22)10-23/h5-7H,8H2,1-4H3,(H,24,25). The van der Waals surface area contributed by atoms with E-state index in [1.54, 1.807) is 20.8 Å². The number of alkyl halides is 3. The Labute approximate surface area is 149 Å². The first-order valence-corrected chi connectivity index (χ1v) is 7.82. The van der Waals surface area contributed by atoms with Crippen molar-refractivity contribution in [3.05, 3.63) is 29.3 Å². The molecule has 0 radical (unpaired) electrons. The van der Waals surface area contributed by atoms with Crippen molar-refractivity contribution in [1.29, 1.82) is 10.5 Å². The quantitative estimate of drug-likeness (QED) is 0.831. The van der Waals surface area contributed by atoms with Gasteiger partial charge in [0.1, 0.15) is 11.0 Å². The molecule has 1 saturated carbocycles. The van der Waals surface area contributed by atoms with E-state index < -0.39 is 35.1 Å². The van der Waals surface area contributed by atoms with Crippen LogP contribution in [0.1, 0.15) is 38.3 Å². The van der Waals surface area contributed by atoms with Crippen molar-refractivity contribution in [2.24, 2.45) is 5.41 Å². The minimum absolute atomic E-state index is 0.166. The molecule has 26 heavy (non-hydrogen) atoms. The highest BCUT2D eigenvalue weighted by Crippen LogP contribution is 2.71.